The topological polar surface area (TPSA) is 3.24 Å². The number of benzene rings is 10. The maximum Gasteiger partial charge on any atom is 0.0674 e. The molecule has 0 saturated heterocycles. The molecule has 0 amide bonds. The Morgan fingerprint density at radius 3 is 1.52 bits per heavy atom. The van der Waals surface area contributed by atoms with Gasteiger partial charge in [-0.05, 0) is 145 Å². The van der Waals surface area contributed by atoms with E-state index in [1.54, 1.807) is 0 Å². The zero-order valence-electron chi connectivity index (χ0n) is 37.3. The summed E-state index contributed by atoms with van der Waals surface area (Å²) < 4.78 is 0. The Morgan fingerprint density at radius 1 is 0.364 bits per heavy atom. The van der Waals surface area contributed by atoms with Crippen LogP contribution in [0.5, 0.6) is 0 Å². The zero-order chi connectivity index (χ0) is 44.5. The monoisotopic (exact) mass is 843 g/mol. The van der Waals surface area contributed by atoms with Crippen molar-refractivity contribution in [3.8, 4) is 44.5 Å². The van der Waals surface area contributed by atoms with Crippen molar-refractivity contribution < 1.29 is 0 Å². The number of allylic oxidation sites excluding steroid dienone is 4. The Balaban J connectivity index is 1.12. The first-order valence-electron chi connectivity index (χ1n) is 23.0. The lowest BCUT2D eigenvalue weighted by Gasteiger charge is -2.35. The van der Waals surface area contributed by atoms with Crippen LogP contribution in [-0.4, -0.2) is 0 Å². The number of hydrogen-bond donors (Lipinski definition) is 0. The van der Waals surface area contributed by atoms with Gasteiger partial charge in [0.2, 0.25) is 0 Å². The van der Waals surface area contributed by atoms with Gasteiger partial charge in [-0.3, -0.25) is 0 Å². The second-order valence-corrected chi connectivity index (χ2v) is 17.2. The van der Waals surface area contributed by atoms with Crippen LogP contribution in [0.3, 0.4) is 0 Å². The molecule has 10 aromatic carbocycles. The van der Waals surface area contributed by atoms with Crippen LogP contribution in [0.15, 0.2) is 266 Å². The molecule has 0 saturated carbocycles. The quantitative estimate of drug-likeness (QED) is 0.133. The maximum atomic E-state index is 2.47. The molecule has 314 valence electrons. The first kappa shape index (κ1) is 40.5. The fourth-order valence-electron chi connectivity index (χ4n) is 10.5. The molecule has 10 aromatic rings. The highest BCUT2D eigenvalue weighted by atomic mass is 15.1. The van der Waals surface area contributed by atoms with Crippen molar-refractivity contribution in [1.82, 2.24) is 0 Å². The molecule has 0 radical (unpaired) electrons. The van der Waals surface area contributed by atoms with Crippen molar-refractivity contribution in [2.24, 2.45) is 0 Å². The van der Waals surface area contributed by atoms with E-state index in [2.05, 4.69) is 280 Å². The van der Waals surface area contributed by atoms with Gasteiger partial charge in [-0.2, -0.15) is 0 Å². The fraction of sp³-hybridized carbons (Fsp3) is 0.0462. The van der Waals surface area contributed by atoms with Crippen molar-refractivity contribution in [3.05, 3.63) is 289 Å². The van der Waals surface area contributed by atoms with Gasteiger partial charge in [0.25, 0.3) is 0 Å². The third kappa shape index (κ3) is 7.07. The van der Waals surface area contributed by atoms with Crippen LogP contribution in [0.2, 0.25) is 0 Å². The van der Waals surface area contributed by atoms with E-state index in [0.29, 0.717) is 0 Å². The second-order valence-electron chi connectivity index (χ2n) is 17.2. The molecule has 1 aliphatic carbocycles. The number of anilines is 3. The highest BCUT2D eigenvalue weighted by Gasteiger charge is 2.45. The molecular weight excluding hydrogens is 795 g/mol. The van der Waals surface area contributed by atoms with Crippen LogP contribution in [0.4, 0.5) is 17.1 Å². The molecule has 0 unspecified atom stereocenters. The molecule has 11 rings (SSSR count). The summed E-state index contributed by atoms with van der Waals surface area (Å²) >= 11 is 0. The number of rotatable bonds is 10. The summed E-state index contributed by atoms with van der Waals surface area (Å²) in [5, 5.41) is 2.50. The van der Waals surface area contributed by atoms with E-state index in [9.17, 15) is 0 Å². The van der Waals surface area contributed by atoms with E-state index < -0.39 is 5.41 Å². The average molecular weight is 844 g/mol. The minimum absolute atomic E-state index is 0.505. The fourth-order valence-corrected chi connectivity index (χ4v) is 10.5. The minimum Gasteiger partial charge on any atom is -0.310 e. The standard InChI is InChI=1S/C65H49N/c1-3-21-58-46(2)65(53-30-9-5-10-31-53,54-32-11-6-12-33-54)64-45-57(40-41-63(58)64)66(56-35-19-29-52(44-56)61-38-16-15-37-59(61)47-22-7-4-8-23-47)55-34-18-27-50(43-55)49-26-17-28-51(42-49)62-39-20-25-48-24-13-14-36-60(48)62/h3-45H,1-2H3/b21-3-. The van der Waals surface area contributed by atoms with Gasteiger partial charge in [-0.15, -0.1) is 0 Å². The molecule has 0 atom stereocenters. The number of hydrogen-bond acceptors (Lipinski definition) is 1. The summed E-state index contributed by atoms with van der Waals surface area (Å²) in [6.07, 6.45) is 4.47. The van der Waals surface area contributed by atoms with Gasteiger partial charge < -0.3 is 4.90 Å². The van der Waals surface area contributed by atoms with Gasteiger partial charge in [-0.1, -0.05) is 218 Å². The second kappa shape index (κ2) is 17.4. The smallest absolute Gasteiger partial charge is 0.0674 e. The van der Waals surface area contributed by atoms with E-state index in [0.717, 1.165) is 28.2 Å². The lowest BCUT2D eigenvalue weighted by molar-refractivity contribution is 0.743. The Labute approximate surface area is 388 Å². The van der Waals surface area contributed by atoms with E-state index in [4.69, 9.17) is 0 Å². The van der Waals surface area contributed by atoms with Crippen molar-refractivity contribution in [1.29, 1.82) is 0 Å². The Morgan fingerprint density at radius 2 is 0.833 bits per heavy atom. The predicted molar refractivity (Wildman–Crippen MR) is 281 cm³/mol. The first-order chi connectivity index (χ1) is 32.6. The predicted octanol–water partition coefficient (Wildman–Crippen LogP) is 17.7. The van der Waals surface area contributed by atoms with Gasteiger partial charge in [0, 0.05) is 17.1 Å². The Kier molecular flexibility index (Phi) is 10.7. The molecule has 0 aromatic heterocycles. The summed E-state index contributed by atoms with van der Waals surface area (Å²) in [5.41, 5.74) is 19.9. The van der Waals surface area contributed by atoms with Crippen LogP contribution in [0, 0.1) is 0 Å². The lowest BCUT2D eigenvalue weighted by Crippen LogP contribution is -2.29. The molecular formula is C65H49N. The van der Waals surface area contributed by atoms with Crippen molar-refractivity contribution >= 4 is 33.4 Å². The van der Waals surface area contributed by atoms with E-state index in [1.807, 2.05) is 0 Å². The SMILES string of the molecule is C/C=C\C1=C(C)C(c2ccccc2)(c2ccccc2)c2cc(N(c3cccc(-c4cccc(-c5cccc6ccccc56)c4)c3)c3cccc(-c4ccccc4-c4ccccc4)c3)ccc21. The molecule has 66 heavy (non-hydrogen) atoms. The van der Waals surface area contributed by atoms with Crippen LogP contribution in [0.1, 0.15) is 36.1 Å². The molecule has 1 aliphatic rings. The molecule has 1 heteroatoms. The summed E-state index contributed by atoms with van der Waals surface area (Å²) in [4.78, 5) is 2.46. The molecule has 0 fully saturated rings. The highest BCUT2D eigenvalue weighted by Crippen LogP contribution is 2.56. The molecule has 1 nitrogen and oxygen atoms in total. The van der Waals surface area contributed by atoms with Crippen molar-refractivity contribution in [3.63, 3.8) is 0 Å². The van der Waals surface area contributed by atoms with Crippen LogP contribution in [0.25, 0.3) is 60.9 Å². The summed E-state index contributed by atoms with van der Waals surface area (Å²) in [7, 11) is 0. The van der Waals surface area contributed by atoms with Crippen molar-refractivity contribution in [2.75, 3.05) is 4.90 Å². The van der Waals surface area contributed by atoms with Crippen LogP contribution in [-0.2, 0) is 5.41 Å². The van der Waals surface area contributed by atoms with Crippen molar-refractivity contribution in [2.45, 2.75) is 19.3 Å². The average Bonchev–Trinajstić information content (AvgIpc) is 3.63. The number of fused-ring (bicyclic) bond motifs is 2. The third-order valence-corrected chi connectivity index (χ3v) is 13.5. The summed E-state index contributed by atoms with van der Waals surface area (Å²) in [6, 6.07) is 91.1. The van der Waals surface area contributed by atoms with Gasteiger partial charge >= 0.3 is 0 Å². The molecule has 0 aliphatic heterocycles. The normalized spacial score (nSPS) is 13.0. The van der Waals surface area contributed by atoms with Gasteiger partial charge in [0.1, 0.15) is 0 Å². The lowest BCUT2D eigenvalue weighted by atomic mass is 9.67. The molecule has 0 heterocycles. The summed E-state index contributed by atoms with van der Waals surface area (Å²) in [5.74, 6) is 0. The molecule has 0 N–H and O–H groups in total. The summed E-state index contributed by atoms with van der Waals surface area (Å²) in [6.45, 7) is 4.45. The molecule has 0 bridgehead atoms. The van der Waals surface area contributed by atoms with Gasteiger partial charge in [-0.25, -0.2) is 0 Å². The van der Waals surface area contributed by atoms with Gasteiger partial charge in [0.15, 0.2) is 0 Å². The van der Waals surface area contributed by atoms with E-state index in [1.165, 1.54) is 77.6 Å². The largest absolute Gasteiger partial charge is 0.310 e. The number of nitrogens with zero attached hydrogens (tertiary/aromatic N) is 1. The molecule has 0 spiro atoms. The third-order valence-electron chi connectivity index (χ3n) is 13.5. The van der Waals surface area contributed by atoms with Crippen LogP contribution >= 0.6 is 0 Å². The maximum absolute atomic E-state index is 2.47. The zero-order valence-corrected chi connectivity index (χ0v) is 37.3. The van der Waals surface area contributed by atoms with E-state index in [-0.39, 0.29) is 0 Å². The Bertz CT molecular complexity index is 3390. The van der Waals surface area contributed by atoms with Crippen LogP contribution < -0.4 is 4.90 Å². The highest BCUT2D eigenvalue weighted by molar-refractivity contribution is 5.98. The van der Waals surface area contributed by atoms with Gasteiger partial charge in [0.05, 0.1) is 5.41 Å². The first-order valence-corrected chi connectivity index (χ1v) is 23.0. The van der Waals surface area contributed by atoms with E-state index >= 15 is 0 Å². The minimum atomic E-state index is -0.505. The Hall–Kier alpha value is -8.26.